The van der Waals surface area contributed by atoms with Gasteiger partial charge in [-0.2, -0.15) is 0 Å². The number of hydrogen-bond acceptors (Lipinski definition) is 5. The number of ether oxygens (including phenoxy) is 1. The van der Waals surface area contributed by atoms with Crippen LogP contribution in [0.4, 0.5) is 5.82 Å². The Bertz CT molecular complexity index is 397. The molecule has 0 aliphatic heterocycles. The second-order valence-electron chi connectivity index (χ2n) is 4.41. The molecule has 0 amide bonds. The summed E-state index contributed by atoms with van der Waals surface area (Å²) in [5.74, 6) is 1.14. The van der Waals surface area contributed by atoms with E-state index in [0.717, 1.165) is 0 Å². The molecule has 0 aliphatic rings. The quantitative estimate of drug-likeness (QED) is 0.720. The third-order valence-electron chi connectivity index (χ3n) is 3.09. The van der Waals surface area contributed by atoms with Gasteiger partial charge in [-0.05, 0) is 19.8 Å². The summed E-state index contributed by atoms with van der Waals surface area (Å²) in [5.41, 5.74) is -0.725. The van der Waals surface area contributed by atoms with Crippen molar-refractivity contribution in [2.45, 2.75) is 45.8 Å². The van der Waals surface area contributed by atoms with E-state index in [4.69, 9.17) is 16.3 Å². The van der Waals surface area contributed by atoms with Crippen LogP contribution in [0.25, 0.3) is 0 Å². The van der Waals surface area contributed by atoms with Crippen molar-refractivity contribution in [3.63, 3.8) is 0 Å². The van der Waals surface area contributed by atoms with Crippen LogP contribution in [-0.2, 0) is 11.3 Å². The highest BCUT2D eigenvalue weighted by molar-refractivity contribution is 6.29. The number of hydrogen-bond donors (Lipinski definition) is 2. The highest BCUT2D eigenvalue weighted by Crippen LogP contribution is 2.17. The van der Waals surface area contributed by atoms with Crippen LogP contribution in [0.2, 0.25) is 5.15 Å². The lowest BCUT2D eigenvalue weighted by molar-refractivity contribution is 0.0456. The van der Waals surface area contributed by atoms with Gasteiger partial charge >= 0.3 is 0 Å². The molecule has 0 atom stereocenters. The minimum atomic E-state index is -0.725. The molecular weight excluding hydrogens is 266 g/mol. The van der Waals surface area contributed by atoms with E-state index in [2.05, 4.69) is 15.3 Å². The van der Waals surface area contributed by atoms with Gasteiger partial charge in [0.2, 0.25) is 0 Å². The van der Waals surface area contributed by atoms with Crippen molar-refractivity contribution < 1.29 is 9.84 Å². The van der Waals surface area contributed by atoms with Crippen LogP contribution in [0.1, 0.15) is 39.4 Å². The molecule has 108 valence electrons. The van der Waals surface area contributed by atoms with Gasteiger partial charge in [0.05, 0.1) is 5.60 Å². The van der Waals surface area contributed by atoms with Crippen molar-refractivity contribution in [2.75, 3.05) is 18.5 Å². The average molecular weight is 288 g/mol. The summed E-state index contributed by atoms with van der Waals surface area (Å²) in [6.07, 6.45) is 1.36. The number of nitrogens with one attached hydrogen (secondary N) is 1. The summed E-state index contributed by atoms with van der Waals surface area (Å²) < 4.78 is 5.26. The maximum absolute atomic E-state index is 10.2. The Labute approximate surface area is 119 Å². The Balaban J connectivity index is 2.70. The topological polar surface area (TPSA) is 67.3 Å². The Morgan fingerprint density at radius 3 is 2.58 bits per heavy atom. The molecule has 1 rings (SSSR count). The Hall–Kier alpha value is -0.910. The standard InChI is InChI=1S/C13H22ClN3O2/c1-4-13(18,5-2)9-15-11-7-10(14)16-12(17-11)8-19-6-3/h7,18H,4-6,8-9H2,1-3H3,(H,15,16,17). The van der Waals surface area contributed by atoms with Crippen molar-refractivity contribution >= 4 is 17.4 Å². The molecule has 0 spiro atoms. The van der Waals surface area contributed by atoms with Gasteiger partial charge in [-0.15, -0.1) is 0 Å². The summed E-state index contributed by atoms with van der Waals surface area (Å²) in [5, 5.41) is 13.7. The van der Waals surface area contributed by atoms with Gasteiger partial charge in [0.25, 0.3) is 0 Å². The SMILES string of the molecule is CCOCc1nc(Cl)cc(NCC(O)(CC)CC)n1. The first-order valence-corrected chi connectivity index (χ1v) is 6.98. The number of anilines is 1. The first-order chi connectivity index (χ1) is 9.03. The zero-order valence-electron chi connectivity index (χ0n) is 11.7. The van der Waals surface area contributed by atoms with Crippen LogP contribution in [-0.4, -0.2) is 33.8 Å². The van der Waals surface area contributed by atoms with Crippen LogP contribution in [0.3, 0.4) is 0 Å². The molecular formula is C13H22ClN3O2. The summed E-state index contributed by atoms with van der Waals surface area (Å²) in [6.45, 7) is 7.19. The molecule has 0 bridgehead atoms. The summed E-state index contributed by atoms with van der Waals surface area (Å²) >= 11 is 5.94. The molecule has 1 aromatic rings. The zero-order valence-corrected chi connectivity index (χ0v) is 12.5. The van der Waals surface area contributed by atoms with Crippen LogP contribution in [0.5, 0.6) is 0 Å². The van der Waals surface area contributed by atoms with Crippen LogP contribution in [0.15, 0.2) is 6.07 Å². The molecule has 0 fully saturated rings. The third-order valence-corrected chi connectivity index (χ3v) is 3.28. The number of halogens is 1. The van der Waals surface area contributed by atoms with Crippen molar-refractivity contribution in [3.05, 3.63) is 17.0 Å². The molecule has 0 aliphatic carbocycles. The molecule has 0 radical (unpaired) electrons. The fourth-order valence-corrected chi connectivity index (χ4v) is 1.77. The summed E-state index contributed by atoms with van der Waals surface area (Å²) in [4.78, 5) is 8.38. The minimum Gasteiger partial charge on any atom is -0.388 e. The molecule has 0 saturated heterocycles. The van der Waals surface area contributed by atoms with Crippen molar-refractivity contribution in [1.29, 1.82) is 0 Å². The predicted molar refractivity (Wildman–Crippen MR) is 76.4 cm³/mol. The molecule has 19 heavy (non-hydrogen) atoms. The normalized spacial score (nSPS) is 11.6. The van der Waals surface area contributed by atoms with Crippen LogP contribution < -0.4 is 5.32 Å². The number of nitrogens with zero attached hydrogens (tertiary/aromatic N) is 2. The lowest BCUT2D eigenvalue weighted by Gasteiger charge is -2.25. The lowest BCUT2D eigenvalue weighted by Crippen LogP contribution is -2.35. The Morgan fingerprint density at radius 2 is 2.00 bits per heavy atom. The number of aromatic nitrogens is 2. The number of aliphatic hydroxyl groups is 1. The molecule has 0 aromatic carbocycles. The molecule has 5 nitrogen and oxygen atoms in total. The minimum absolute atomic E-state index is 0.331. The first-order valence-electron chi connectivity index (χ1n) is 6.60. The van der Waals surface area contributed by atoms with Gasteiger partial charge in [0.15, 0.2) is 5.82 Å². The first kappa shape index (κ1) is 16.1. The highest BCUT2D eigenvalue weighted by atomic mass is 35.5. The van der Waals surface area contributed by atoms with E-state index in [1.165, 1.54) is 0 Å². The fourth-order valence-electron chi connectivity index (χ4n) is 1.57. The van der Waals surface area contributed by atoms with E-state index >= 15 is 0 Å². The van der Waals surface area contributed by atoms with Gasteiger partial charge in [-0.3, -0.25) is 0 Å². The summed E-state index contributed by atoms with van der Waals surface area (Å²) in [6, 6.07) is 1.64. The molecule has 1 heterocycles. The van der Waals surface area contributed by atoms with Gasteiger partial charge in [0, 0.05) is 19.2 Å². The molecule has 6 heteroatoms. The van der Waals surface area contributed by atoms with E-state index in [1.807, 2.05) is 20.8 Å². The van der Waals surface area contributed by atoms with E-state index < -0.39 is 5.60 Å². The smallest absolute Gasteiger partial charge is 0.158 e. The predicted octanol–water partition coefficient (Wildman–Crippen LogP) is 2.63. The molecule has 2 N–H and O–H groups in total. The van der Waals surface area contributed by atoms with Gasteiger partial charge < -0.3 is 15.2 Å². The van der Waals surface area contributed by atoms with E-state index in [-0.39, 0.29) is 0 Å². The van der Waals surface area contributed by atoms with Crippen molar-refractivity contribution in [3.8, 4) is 0 Å². The van der Waals surface area contributed by atoms with E-state index in [9.17, 15) is 5.11 Å². The Morgan fingerprint density at radius 1 is 1.32 bits per heavy atom. The van der Waals surface area contributed by atoms with E-state index in [0.29, 0.717) is 49.4 Å². The van der Waals surface area contributed by atoms with Gasteiger partial charge in [0.1, 0.15) is 17.6 Å². The average Bonchev–Trinajstić information content (AvgIpc) is 2.42. The van der Waals surface area contributed by atoms with Crippen LogP contribution in [0, 0.1) is 0 Å². The van der Waals surface area contributed by atoms with Gasteiger partial charge in [-0.25, -0.2) is 9.97 Å². The zero-order chi connectivity index (χ0) is 14.3. The van der Waals surface area contributed by atoms with Crippen LogP contribution >= 0.6 is 11.6 Å². The third kappa shape index (κ3) is 5.30. The maximum Gasteiger partial charge on any atom is 0.158 e. The summed E-state index contributed by atoms with van der Waals surface area (Å²) in [7, 11) is 0. The highest BCUT2D eigenvalue weighted by Gasteiger charge is 2.21. The Kier molecular flexibility index (Phi) is 6.48. The monoisotopic (exact) mass is 287 g/mol. The number of rotatable bonds is 8. The lowest BCUT2D eigenvalue weighted by atomic mass is 9.98. The van der Waals surface area contributed by atoms with Gasteiger partial charge in [-0.1, -0.05) is 25.4 Å². The molecule has 0 unspecified atom stereocenters. The second-order valence-corrected chi connectivity index (χ2v) is 4.80. The second kappa shape index (κ2) is 7.62. The van der Waals surface area contributed by atoms with Crippen molar-refractivity contribution in [2.24, 2.45) is 0 Å². The maximum atomic E-state index is 10.2. The molecule has 0 saturated carbocycles. The molecule has 1 aromatic heterocycles. The van der Waals surface area contributed by atoms with Crippen molar-refractivity contribution in [1.82, 2.24) is 9.97 Å². The largest absolute Gasteiger partial charge is 0.388 e. The van der Waals surface area contributed by atoms with E-state index in [1.54, 1.807) is 6.07 Å². The fraction of sp³-hybridized carbons (Fsp3) is 0.692.